The van der Waals surface area contributed by atoms with Crippen molar-refractivity contribution >= 4 is 0 Å². The van der Waals surface area contributed by atoms with E-state index in [-0.39, 0.29) is 0 Å². The highest BCUT2D eigenvalue weighted by Crippen LogP contribution is 1.74. The lowest BCUT2D eigenvalue weighted by Gasteiger charge is -1.36. The van der Waals surface area contributed by atoms with Crippen LogP contribution < -0.4 is 5.48 Å². The molecular weight excluding hydrogens is 54.0 g/mol. The van der Waals surface area contributed by atoms with Gasteiger partial charge in [0.05, 0.1) is 0 Å². The van der Waals surface area contributed by atoms with Crippen molar-refractivity contribution in [2.24, 2.45) is 0 Å². The first-order valence-corrected chi connectivity index (χ1v) is 1.38. The van der Waals surface area contributed by atoms with E-state index in [0.717, 1.165) is 0 Å². The summed E-state index contributed by atoms with van der Waals surface area (Å²) >= 11 is 0. The largest absolute Gasteiger partial charge is 0.268 e. The summed E-state index contributed by atoms with van der Waals surface area (Å²) in [4.78, 5) is 4.58. The topological polar surface area (TPSA) is 29.1 Å². The molecule has 4 heavy (non-hydrogen) atoms. The van der Waals surface area contributed by atoms with Crippen LogP contribution in [0.15, 0.2) is 0 Å². The Morgan fingerprint density at radius 3 is 2.25 bits per heavy atom. The molecule has 1 atom stereocenters. The summed E-state index contributed by atoms with van der Waals surface area (Å²) in [6, 6.07) is 0. The molecule has 0 radical (unpaired) electrons. The second-order valence-electron chi connectivity index (χ2n) is 0.977. The summed E-state index contributed by atoms with van der Waals surface area (Å²) < 4.78 is 0. The van der Waals surface area contributed by atoms with Crippen LogP contribution in [0.5, 0.6) is 0 Å². The first kappa shape index (κ1) is 2.18. The third-order valence-electron chi connectivity index (χ3n) is 0.408. The van der Waals surface area contributed by atoms with Gasteiger partial charge in [0.1, 0.15) is 0 Å². The molecule has 1 aliphatic rings. The number of hydroxylamine groups is 1. The molecule has 0 amide bonds. The fraction of sp³-hybridized carbons (Fsp3) is 1.00. The average Bonchev–Trinajstić information content (AvgIpc) is 1.75. The Morgan fingerprint density at radius 1 is 2.00 bits per heavy atom. The van der Waals surface area contributed by atoms with Crippen molar-refractivity contribution in [3.05, 3.63) is 0 Å². The molecule has 0 aromatic heterocycles. The highest BCUT2D eigenvalue weighted by atomic mass is 16.8. The molecule has 2 nitrogen and oxygen atoms in total. The Morgan fingerprint density at radius 2 is 2.25 bits per heavy atom. The highest BCUT2D eigenvalue weighted by molar-refractivity contribution is 4.14. The number of quaternary nitrogens is 1. The fourth-order valence-corrected chi connectivity index (χ4v) is 0.0786. The molecule has 1 fully saturated rings. The number of hydrogen-bond donors (Lipinski definition) is 1. The van der Waals surface area contributed by atoms with Crippen LogP contribution >= 0.6 is 0 Å². The van der Waals surface area contributed by atoms with E-state index in [1.54, 1.807) is 5.48 Å². The van der Waals surface area contributed by atoms with Gasteiger partial charge in [0, 0.05) is 6.92 Å². The maximum atomic E-state index is 4.58. The van der Waals surface area contributed by atoms with Crippen molar-refractivity contribution < 1.29 is 10.3 Å². The predicted octanol–water partition coefficient (Wildman–Crippen LogP) is -1.16. The summed E-state index contributed by atoms with van der Waals surface area (Å²) in [5.41, 5.74) is 1.79. The fourth-order valence-electron chi connectivity index (χ4n) is 0.0786. The molecule has 0 aliphatic carbocycles. The molecule has 1 aliphatic heterocycles. The van der Waals surface area contributed by atoms with E-state index in [9.17, 15) is 0 Å². The lowest BCUT2D eigenvalue weighted by atomic mass is 10.8. The summed E-state index contributed by atoms with van der Waals surface area (Å²) in [5, 5.41) is 0. The van der Waals surface area contributed by atoms with Gasteiger partial charge in [-0.25, -0.2) is 0 Å². The van der Waals surface area contributed by atoms with E-state index in [1.165, 1.54) is 0 Å². The molecule has 0 aromatic carbocycles. The first-order valence-electron chi connectivity index (χ1n) is 1.38. The molecule has 24 valence electrons. The molecule has 1 rings (SSSR count). The molecule has 2 heteroatoms. The lowest BCUT2D eigenvalue weighted by Crippen LogP contribution is -2.57. The zero-order valence-corrected chi connectivity index (χ0v) is 2.56. The molecule has 0 spiro atoms. The maximum absolute atomic E-state index is 4.58. The van der Waals surface area contributed by atoms with E-state index >= 15 is 0 Å². The Bertz CT molecular complexity index is 25.2. The average molecular weight is 60.1 g/mol. The van der Waals surface area contributed by atoms with Gasteiger partial charge in [-0.1, -0.05) is 0 Å². The van der Waals surface area contributed by atoms with Crippen molar-refractivity contribution in [2.75, 3.05) is 0 Å². The Balaban J connectivity index is 2.17. The number of nitrogens with two attached hydrogens (primary N) is 1. The van der Waals surface area contributed by atoms with E-state index in [1.807, 2.05) is 6.92 Å². The number of hydrogen-bond acceptors (Lipinski definition) is 1. The normalized spacial score (nSPS) is 39.8. The van der Waals surface area contributed by atoms with Crippen LogP contribution in [0.2, 0.25) is 0 Å². The predicted molar refractivity (Wildman–Crippen MR) is 12.5 cm³/mol. The van der Waals surface area contributed by atoms with Crippen molar-refractivity contribution in [3.63, 3.8) is 0 Å². The zero-order valence-electron chi connectivity index (χ0n) is 2.56. The van der Waals surface area contributed by atoms with Gasteiger partial charge in [-0.05, 0) is 0 Å². The third kappa shape index (κ3) is 0.191. The van der Waals surface area contributed by atoms with Crippen molar-refractivity contribution in [2.45, 2.75) is 13.2 Å². The van der Waals surface area contributed by atoms with Gasteiger partial charge in [0.25, 0.3) is 6.23 Å². The smallest absolute Gasteiger partial charge is 0.165 e. The van der Waals surface area contributed by atoms with Gasteiger partial charge in [0.15, 0.2) is 0 Å². The standard InChI is InChI=1S/C2H5NO/c1-2-3-4-2/h2-3H,1H3/p+1. The molecular formula is C2H6NO+. The van der Waals surface area contributed by atoms with Gasteiger partial charge < -0.3 is 0 Å². The molecule has 0 saturated carbocycles. The van der Waals surface area contributed by atoms with Crippen LogP contribution in [0, 0.1) is 0 Å². The van der Waals surface area contributed by atoms with Crippen LogP contribution in [0.1, 0.15) is 6.92 Å². The molecule has 0 bridgehead atoms. The van der Waals surface area contributed by atoms with Gasteiger partial charge >= 0.3 is 0 Å². The summed E-state index contributed by atoms with van der Waals surface area (Å²) in [7, 11) is 0. The lowest BCUT2D eigenvalue weighted by molar-refractivity contribution is -0.649. The minimum atomic E-state index is 0.458. The summed E-state index contributed by atoms with van der Waals surface area (Å²) in [6.07, 6.45) is 0.458. The molecule has 1 heterocycles. The second kappa shape index (κ2) is 0.445. The molecule has 1 saturated heterocycles. The van der Waals surface area contributed by atoms with Crippen molar-refractivity contribution in [1.29, 1.82) is 0 Å². The van der Waals surface area contributed by atoms with Gasteiger partial charge in [-0.2, -0.15) is 5.48 Å². The van der Waals surface area contributed by atoms with E-state index in [0.29, 0.717) is 6.23 Å². The molecule has 1 unspecified atom stereocenters. The maximum Gasteiger partial charge on any atom is 0.268 e. The third-order valence-corrected chi connectivity index (χ3v) is 0.408. The quantitative estimate of drug-likeness (QED) is 0.351. The zero-order chi connectivity index (χ0) is 2.99. The van der Waals surface area contributed by atoms with Crippen molar-refractivity contribution in [3.8, 4) is 0 Å². The van der Waals surface area contributed by atoms with E-state index in [2.05, 4.69) is 4.84 Å². The van der Waals surface area contributed by atoms with Crippen LogP contribution in [-0.2, 0) is 4.84 Å². The van der Waals surface area contributed by atoms with Crippen LogP contribution in [0.3, 0.4) is 0 Å². The first-order chi connectivity index (χ1) is 1.89. The number of rotatable bonds is 0. The van der Waals surface area contributed by atoms with Gasteiger partial charge in [-0.15, -0.1) is 4.84 Å². The molecule has 2 N–H and O–H groups in total. The van der Waals surface area contributed by atoms with Crippen molar-refractivity contribution in [1.82, 2.24) is 0 Å². The van der Waals surface area contributed by atoms with Gasteiger partial charge in [-0.3, -0.25) is 0 Å². The Kier molecular flexibility index (Phi) is 0.242. The monoisotopic (exact) mass is 60.0 g/mol. The highest BCUT2D eigenvalue weighted by Gasteiger charge is 2.20. The Hall–Kier alpha value is -0.0800. The minimum Gasteiger partial charge on any atom is -0.165 e. The van der Waals surface area contributed by atoms with E-state index < -0.39 is 0 Å². The summed E-state index contributed by atoms with van der Waals surface area (Å²) in [5.74, 6) is 0. The summed E-state index contributed by atoms with van der Waals surface area (Å²) in [6.45, 7) is 2.00. The minimum absolute atomic E-state index is 0.458. The van der Waals surface area contributed by atoms with E-state index in [4.69, 9.17) is 0 Å². The van der Waals surface area contributed by atoms with Crippen LogP contribution in [0.4, 0.5) is 0 Å². The van der Waals surface area contributed by atoms with Crippen LogP contribution in [0.25, 0.3) is 0 Å². The molecule has 0 aromatic rings. The Labute approximate surface area is 24.7 Å². The van der Waals surface area contributed by atoms with Crippen LogP contribution in [-0.4, -0.2) is 6.23 Å². The van der Waals surface area contributed by atoms with Gasteiger partial charge in [0.2, 0.25) is 0 Å². The second-order valence-corrected chi connectivity index (χ2v) is 0.977. The SMILES string of the molecule is CC1[NH2+]O1.